The van der Waals surface area contributed by atoms with E-state index in [9.17, 15) is 14.9 Å². The lowest BCUT2D eigenvalue weighted by Crippen LogP contribution is -2.32. The van der Waals surface area contributed by atoms with Crippen molar-refractivity contribution in [2.24, 2.45) is 0 Å². The molecular weight excluding hydrogens is 360 g/mol. The Morgan fingerprint density at radius 3 is 2.57 bits per heavy atom. The van der Waals surface area contributed by atoms with Gasteiger partial charge in [-0.2, -0.15) is 0 Å². The van der Waals surface area contributed by atoms with E-state index in [1.165, 1.54) is 11.0 Å². The summed E-state index contributed by atoms with van der Waals surface area (Å²) in [7, 11) is 1.56. The smallest absolute Gasteiger partial charge is 0.292 e. The molecule has 8 heteroatoms. The monoisotopic (exact) mass is 376 g/mol. The van der Waals surface area contributed by atoms with Crippen LogP contribution < -0.4 is 15.0 Å². The van der Waals surface area contributed by atoms with Crippen LogP contribution in [0.2, 0.25) is 0 Å². The van der Waals surface area contributed by atoms with E-state index in [0.29, 0.717) is 28.4 Å². The molecule has 4 rings (SSSR count). The molecule has 0 saturated carbocycles. The SMILES string of the molecule is COc1ccc(N2C(=O)c3cccnc3[C@@H]2Nc2ccccc2[N+](=O)[O-])cc1. The lowest BCUT2D eigenvalue weighted by molar-refractivity contribution is -0.384. The maximum Gasteiger partial charge on any atom is 0.292 e. The number of hydrogen-bond acceptors (Lipinski definition) is 6. The second kappa shape index (κ2) is 6.99. The van der Waals surface area contributed by atoms with Gasteiger partial charge in [0, 0.05) is 18.0 Å². The average Bonchev–Trinajstić information content (AvgIpc) is 3.00. The Bertz CT molecular complexity index is 1050. The number of ether oxygens (including phenoxy) is 1. The van der Waals surface area contributed by atoms with E-state index in [-0.39, 0.29) is 11.6 Å². The second-order valence-electron chi connectivity index (χ2n) is 6.13. The highest BCUT2D eigenvalue weighted by molar-refractivity contribution is 6.11. The predicted molar refractivity (Wildman–Crippen MR) is 104 cm³/mol. The van der Waals surface area contributed by atoms with Gasteiger partial charge in [-0.3, -0.25) is 24.8 Å². The third-order valence-electron chi connectivity index (χ3n) is 4.55. The number of nitrogens with one attached hydrogen (secondary N) is 1. The van der Waals surface area contributed by atoms with Gasteiger partial charge in [-0.15, -0.1) is 0 Å². The molecule has 140 valence electrons. The first kappa shape index (κ1) is 17.5. The molecule has 1 atom stereocenters. The number of nitro groups is 1. The lowest BCUT2D eigenvalue weighted by Gasteiger charge is -2.26. The molecular formula is C20H16N4O4. The van der Waals surface area contributed by atoms with Crippen molar-refractivity contribution in [3.63, 3.8) is 0 Å². The van der Waals surface area contributed by atoms with Gasteiger partial charge < -0.3 is 10.1 Å². The molecule has 1 aromatic heterocycles. The van der Waals surface area contributed by atoms with Gasteiger partial charge in [0.05, 0.1) is 23.3 Å². The minimum Gasteiger partial charge on any atom is -0.497 e. The molecule has 0 bridgehead atoms. The largest absolute Gasteiger partial charge is 0.497 e. The number of fused-ring (bicyclic) bond motifs is 1. The van der Waals surface area contributed by atoms with Crippen LogP contribution in [-0.4, -0.2) is 22.9 Å². The first-order chi connectivity index (χ1) is 13.6. The van der Waals surface area contributed by atoms with Crippen molar-refractivity contribution < 1.29 is 14.5 Å². The molecule has 0 unspecified atom stereocenters. The first-order valence-corrected chi connectivity index (χ1v) is 8.52. The molecule has 1 aliphatic heterocycles. The number of nitro benzene ring substituents is 1. The third-order valence-corrected chi connectivity index (χ3v) is 4.55. The van der Waals surface area contributed by atoms with E-state index >= 15 is 0 Å². The van der Waals surface area contributed by atoms with E-state index in [1.807, 2.05) is 0 Å². The fraction of sp³-hybridized carbons (Fsp3) is 0.100. The zero-order valence-corrected chi connectivity index (χ0v) is 14.9. The number of benzene rings is 2. The van der Waals surface area contributed by atoms with Crippen LogP contribution >= 0.6 is 0 Å². The van der Waals surface area contributed by atoms with Crippen molar-refractivity contribution in [2.45, 2.75) is 6.17 Å². The molecule has 3 aromatic rings. The summed E-state index contributed by atoms with van der Waals surface area (Å²) in [6, 6.07) is 16.7. The Kier molecular flexibility index (Phi) is 4.36. The minimum atomic E-state index is -0.682. The number of carbonyl (C=O) groups is 1. The summed E-state index contributed by atoms with van der Waals surface area (Å²) in [4.78, 5) is 29.9. The average molecular weight is 376 g/mol. The summed E-state index contributed by atoms with van der Waals surface area (Å²) in [5, 5.41) is 14.5. The molecule has 2 aromatic carbocycles. The number of methoxy groups -OCH3 is 1. The number of para-hydroxylation sites is 2. The van der Waals surface area contributed by atoms with Gasteiger partial charge in [0.2, 0.25) is 0 Å². The van der Waals surface area contributed by atoms with Crippen LogP contribution in [0.25, 0.3) is 0 Å². The Hall–Kier alpha value is -3.94. The molecule has 0 fully saturated rings. The van der Waals surface area contributed by atoms with Gasteiger partial charge in [0.25, 0.3) is 11.6 Å². The van der Waals surface area contributed by atoms with Gasteiger partial charge in [-0.05, 0) is 42.5 Å². The number of pyridine rings is 1. The van der Waals surface area contributed by atoms with Gasteiger partial charge in [-0.25, -0.2) is 0 Å². The first-order valence-electron chi connectivity index (χ1n) is 8.52. The molecule has 1 amide bonds. The topological polar surface area (TPSA) is 97.6 Å². The van der Waals surface area contributed by atoms with E-state index in [4.69, 9.17) is 4.74 Å². The van der Waals surface area contributed by atoms with Crippen molar-refractivity contribution in [1.82, 2.24) is 4.98 Å². The van der Waals surface area contributed by atoms with Crippen LogP contribution in [0.1, 0.15) is 22.2 Å². The number of carbonyl (C=O) groups excluding carboxylic acids is 1. The summed E-state index contributed by atoms with van der Waals surface area (Å²) < 4.78 is 5.18. The van der Waals surface area contributed by atoms with E-state index in [1.54, 1.807) is 67.9 Å². The van der Waals surface area contributed by atoms with Crippen molar-refractivity contribution in [1.29, 1.82) is 0 Å². The lowest BCUT2D eigenvalue weighted by atomic mass is 10.2. The zero-order valence-electron chi connectivity index (χ0n) is 14.9. The van der Waals surface area contributed by atoms with Gasteiger partial charge >= 0.3 is 0 Å². The number of nitrogens with zero attached hydrogens (tertiary/aromatic N) is 3. The fourth-order valence-corrected chi connectivity index (χ4v) is 3.23. The summed E-state index contributed by atoms with van der Waals surface area (Å²) in [6.07, 6.45) is 0.913. The summed E-state index contributed by atoms with van der Waals surface area (Å²) >= 11 is 0. The van der Waals surface area contributed by atoms with Gasteiger partial charge in [0.15, 0.2) is 6.17 Å². The number of hydrogen-bond donors (Lipinski definition) is 1. The summed E-state index contributed by atoms with van der Waals surface area (Å²) in [5.74, 6) is 0.429. The van der Waals surface area contributed by atoms with Crippen molar-refractivity contribution in [3.8, 4) is 5.75 Å². The maximum atomic E-state index is 13.1. The second-order valence-corrected chi connectivity index (χ2v) is 6.13. The van der Waals surface area contributed by atoms with Crippen LogP contribution in [0, 0.1) is 10.1 Å². The van der Waals surface area contributed by atoms with E-state index in [0.717, 1.165) is 0 Å². The zero-order chi connectivity index (χ0) is 19.7. The maximum absolute atomic E-state index is 13.1. The highest BCUT2D eigenvalue weighted by atomic mass is 16.6. The van der Waals surface area contributed by atoms with Crippen LogP contribution in [0.5, 0.6) is 5.75 Å². The molecule has 2 heterocycles. The number of amides is 1. The van der Waals surface area contributed by atoms with Crippen molar-refractivity contribution in [3.05, 3.63) is 88.2 Å². The quantitative estimate of drug-likeness (QED) is 0.538. The van der Waals surface area contributed by atoms with E-state index in [2.05, 4.69) is 10.3 Å². The standard InChI is InChI=1S/C20H16N4O4/c1-28-14-10-8-13(9-11-14)23-19(18-15(20(23)25)5-4-12-21-18)22-16-6-2-3-7-17(16)24(26)27/h2-12,19,22H,1H3/t19-/m1/s1. The molecule has 1 aliphatic rings. The number of aromatic nitrogens is 1. The Labute approximate surface area is 160 Å². The predicted octanol–water partition coefficient (Wildman–Crippen LogP) is 3.77. The number of rotatable bonds is 5. The van der Waals surface area contributed by atoms with Crippen LogP contribution in [0.3, 0.4) is 0 Å². The van der Waals surface area contributed by atoms with E-state index < -0.39 is 11.1 Å². The molecule has 8 nitrogen and oxygen atoms in total. The highest BCUT2D eigenvalue weighted by Gasteiger charge is 2.39. The Balaban J connectivity index is 1.79. The van der Waals surface area contributed by atoms with Crippen LogP contribution in [-0.2, 0) is 0 Å². The molecule has 0 aliphatic carbocycles. The van der Waals surface area contributed by atoms with Crippen LogP contribution in [0.4, 0.5) is 17.1 Å². The minimum absolute atomic E-state index is 0.0750. The molecule has 0 spiro atoms. The number of anilines is 2. The Morgan fingerprint density at radius 2 is 1.86 bits per heavy atom. The van der Waals surface area contributed by atoms with Crippen molar-refractivity contribution >= 4 is 23.0 Å². The Morgan fingerprint density at radius 1 is 1.11 bits per heavy atom. The molecule has 1 N–H and O–H groups in total. The molecule has 0 radical (unpaired) electrons. The van der Waals surface area contributed by atoms with Gasteiger partial charge in [-0.1, -0.05) is 12.1 Å². The normalized spacial score (nSPS) is 15.2. The third kappa shape index (κ3) is 2.90. The summed E-state index contributed by atoms with van der Waals surface area (Å²) in [5.41, 5.74) is 1.83. The highest BCUT2D eigenvalue weighted by Crippen LogP contribution is 2.38. The molecule has 0 saturated heterocycles. The summed E-state index contributed by atoms with van der Waals surface area (Å²) in [6.45, 7) is 0. The van der Waals surface area contributed by atoms with Crippen molar-refractivity contribution in [2.75, 3.05) is 17.3 Å². The van der Waals surface area contributed by atoms with Crippen LogP contribution in [0.15, 0.2) is 66.9 Å². The molecule has 28 heavy (non-hydrogen) atoms. The van der Waals surface area contributed by atoms with Gasteiger partial charge in [0.1, 0.15) is 11.4 Å². The fourth-order valence-electron chi connectivity index (χ4n) is 3.23.